The van der Waals surface area contributed by atoms with Crippen LogP contribution in [0.3, 0.4) is 0 Å². The van der Waals surface area contributed by atoms with E-state index in [1.54, 1.807) is 36.4 Å². The molecule has 0 amide bonds. The monoisotopic (exact) mass is 371 g/mol. The fourth-order valence-corrected chi connectivity index (χ4v) is 3.06. The summed E-state index contributed by atoms with van der Waals surface area (Å²) in [6.07, 6.45) is 5.87. The maximum Gasteiger partial charge on any atom is 0.260 e. The SMILES string of the molecule is O=C(/C=C/c1ccnnc1)c1c(-c2ccccc2)c2cc(F)ccc2[nH]c1=O. The van der Waals surface area contributed by atoms with E-state index in [0.29, 0.717) is 27.6 Å². The Kier molecular flexibility index (Phi) is 4.60. The number of halogens is 1. The molecule has 0 aliphatic heterocycles. The van der Waals surface area contributed by atoms with Crippen molar-refractivity contribution in [3.63, 3.8) is 0 Å². The summed E-state index contributed by atoms with van der Waals surface area (Å²) in [6, 6.07) is 14.8. The second-order valence-corrected chi connectivity index (χ2v) is 6.13. The summed E-state index contributed by atoms with van der Waals surface area (Å²) in [5, 5.41) is 7.89. The highest BCUT2D eigenvalue weighted by atomic mass is 19.1. The minimum atomic E-state index is -0.527. The fourth-order valence-electron chi connectivity index (χ4n) is 3.06. The molecule has 0 aliphatic rings. The molecule has 0 unspecified atom stereocenters. The first kappa shape index (κ1) is 17.5. The van der Waals surface area contributed by atoms with Crippen LogP contribution in [0, 0.1) is 5.82 Å². The second kappa shape index (κ2) is 7.36. The van der Waals surface area contributed by atoms with Crippen molar-refractivity contribution in [2.75, 3.05) is 0 Å². The number of fused-ring (bicyclic) bond motifs is 1. The average molecular weight is 371 g/mol. The molecule has 4 aromatic rings. The predicted octanol–water partition coefficient (Wildman–Crippen LogP) is 4.02. The first-order chi connectivity index (χ1) is 13.6. The van der Waals surface area contributed by atoms with Crippen LogP contribution in [-0.4, -0.2) is 21.0 Å². The molecule has 0 atom stereocenters. The largest absolute Gasteiger partial charge is 0.321 e. The van der Waals surface area contributed by atoms with E-state index in [9.17, 15) is 14.0 Å². The molecule has 0 saturated carbocycles. The maximum absolute atomic E-state index is 13.9. The van der Waals surface area contributed by atoms with Crippen molar-refractivity contribution in [2.45, 2.75) is 0 Å². The molecule has 0 fully saturated rings. The van der Waals surface area contributed by atoms with Gasteiger partial charge in [0.1, 0.15) is 5.82 Å². The summed E-state index contributed by atoms with van der Waals surface area (Å²) in [4.78, 5) is 28.3. The van der Waals surface area contributed by atoms with E-state index in [4.69, 9.17) is 0 Å². The average Bonchev–Trinajstić information content (AvgIpc) is 2.73. The van der Waals surface area contributed by atoms with Crippen LogP contribution < -0.4 is 5.56 Å². The van der Waals surface area contributed by atoms with Gasteiger partial charge in [0.25, 0.3) is 5.56 Å². The Balaban J connectivity index is 1.95. The smallest absolute Gasteiger partial charge is 0.260 e. The molecule has 2 heterocycles. The molecule has 0 spiro atoms. The van der Waals surface area contributed by atoms with Crippen LogP contribution in [0.1, 0.15) is 15.9 Å². The molecule has 136 valence electrons. The van der Waals surface area contributed by atoms with Gasteiger partial charge in [0.2, 0.25) is 0 Å². The lowest BCUT2D eigenvalue weighted by Crippen LogP contribution is -2.18. The van der Waals surface area contributed by atoms with Gasteiger partial charge in [0, 0.05) is 16.5 Å². The van der Waals surface area contributed by atoms with Gasteiger partial charge in [-0.05, 0) is 47.5 Å². The molecule has 5 nitrogen and oxygen atoms in total. The summed E-state index contributed by atoms with van der Waals surface area (Å²) < 4.78 is 13.9. The third-order valence-electron chi connectivity index (χ3n) is 4.32. The zero-order valence-electron chi connectivity index (χ0n) is 14.6. The van der Waals surface area contributed by atoms with Gasteiger partial charge in [0.15, 0.2) is 5.78 Å². The highest BCUT2D eigenvalue weighted by Crippen LogP contribution is 2.30. The van der Waals surface area contributed by atoms with Crippen molar-refractivity contribution in [1.82, 2.24) is 15.2 Å². The highest BCUT2D eigenvalue weighted by molar-refractivity contribution is 6.15. The number of aromatic amines is 1. The Labute approximate surface area is 159 Å². The number of carbonyl (C=O) groups excluding carboxylic acids is 1. The van der Waals surface area contributed by atoms with E-state index in [-0.39, 0.29) is 5.56 Å². The van der Waals surface area contributed by atoms with Gasteiger partial charge >= 0.3 is 0 Å². The number of hydrogen-bond acceptors (Lipinski definition) is 4. The Morgan fingerprint density at radius 1 is 1.04 bits per heavy atom. The number of hydrogen-bond donors (Lipinski definition) is 1. The van der Waals surface area contributed by atoms with Gasteiger partial charge in [-0.3, -0.25) is 9.59 Å². The number of rotatable bonds is 4. The van der Waals surface area contributed by atoms with Gasteiger partial charge in [-0.1, -0.05) is 30.3 Å². The third-order valence-corrected chi connectivity index (χ3v) is 4.32. The minimum absolute atomic E-state index is 0.0393. The second-order valence-electron chi connectivity index (χ2n) is 6.13. The molecule has 28 heavy (non-hydrogen) atoms. The number of nitrogens with zero attached hydrogens (tertiary/aromatic N) is 2. The van der Waals surface area contributed by atoms with Gasteiger partial charge in [-0.25, -0.2) is 4.39 Å². The summed E-state index contributed by atoms with van der Waals surface area (Å²) in [5.74, 6) is -0.934. The number of H-pyrrole nitrogens is 1. The van der Waals surface area contributed by atoms with Crippen LogP contribution in [0.25, 0.3) is 28.1 Å². The molecular formula is C22H14FN3O2. The molecule has 0 saturated heterocycles. The van der Waals surface area contributed by atoms with E-state index >= 15 is 0 Å². The molecule has 2 aromatic carbocycles. The lowest BCUT2D eigenvalue weighted by molar-refractivity contribution is 0.104. The van der Waals surface area contributed by atoms with Gasteiger partial charge in [0.05, 0.1) is 18.0 Å². The van der Waals surface area contributed by atoms with Crippen LogP contribution in [0.2, 0.25) is 0 Å². The van der Waals surface area contributed by atoms with Crippen molar-refractivity contribution < 1.29 is 9.18 Å². The quantitative estimate of drug-likeness (QED) is 0.434. The van der Waals surface area contributed by atoms with Crippen molar-refractivity contribution in [3.05, 3.63) is 100 Å². The number of nitrogens with one attached hydrogen (secondary N) is 1. The first-order valence-corrected chi connectivity index (χ1v) is 8.53. The van der Waals surface area contributed by atoms with Crippen molar-refractivity contribution in [2.24, 2.45) is 0 Å². The number of carbonyl (C=O) groups is 1. The lowest BCUT2D eigenvalue weighted by Gasteiger charge is -2.11. The third kappa shape index (κ3) is 3.35. The Morgan fingerprint density at radius 2 is 1.86 bits per heavy atom. The number of aromatic nitrogens is 3. The van der Waals surface area contributed by atoms with Gasteiger partial charge < -0.3 is 4.98 Å². The molecule has 2 aromatic heterocycles. The van der Waals surface area contributed by atoms with Crippen LogP contribution in [-0.2, 0) is 0 Å². The zero-order valence-corrected chi connectivity index (χ0v) is 14.6. The molecule has 0 radical (unpaired) electrons. The molecule has 6 heteroatoms. The van der Waals surface area contributed by atoms with Gasteiger partial charge in [-0.15, -0.1) is 0 Å². The Bertz CT molecular complexity index is 1250. The Morgan fingerprint density at radius 3 is 2.61 bits per heavy atom. The van der Waals surface area contributed by atoms with E-state index in [1.807, 2.05) is 6.07 Å². The number of ketones is 1. The van der Waals surface area contributed by atoms with E-state index in [0.717, 1.165) is 0 Å². The molecule has 4 rings (SSSR count). The normalized spacial score (nSPS) is 11.2. The van der Waals surface area contributed by atoms with Crippen molar-refractivity contribution in [1.29, 1.82) is 0 Å². The van der Waals surface area contributed by atoms with Crippen molar-refractivity contribution in [3.8, 4) is 11.1 Å². The standard InChI is InChI=1S/C22H14FN3O2/c23-16-7-8-18-17(12-16)20(15-4-2-1-3-5-15)21(22(28)26-18)19(27)9-6-14-10-11-24-25-13-14/h1-13H,(H,26,28)/b9-6+. The van der Waals surface area contributed by atoms with Crippen LogP contribution >= 0.6 is 0 Å². The summed E-state index contributed by atoms with van der Waals surface area (Å²) in [6.45, 7) is 0. The van der Waals surface area contributed by atoms with E-state index in [1.165, 1.54) is 36.7 Å². The molecule has 0 aliphatic carbocycles. The minimum Gasteiger partial charge on any atom is -0.321 e. The zero-order chi connectivity index (χ0) is 19.5. The predicted molar refractivity (Wildman–Crippen MR) is 105 cm³/mol. The Hall–Kier alpha value is -3.93. The molecule has 1 N–H and O–H groups in total. The van der Waals surface area contributed by atoms with Crippen LogP contribution in [0.5, 0.6) is 0 Å². The lowest BCUT2D eigenvalue weighted by atomic mass is 9.94. The summed E-state index contributed by atoms with van der Waals surface area (Å²) in [7, 11) is 0. The first-order valence-electron chi connectivity index (χ1n) is 8.53. The highest BCUT2D eigenvalue weighted by Gasteiger charge is 2.19. The summed E-state index contributed by atoms with van der Waals surface area (Å²) in [5.41, 5.74) is 1.63. The summed E-state index contributed by atoms with van der Waals surface area (Å²) >= 11 is 0. The number of allylic oxidation sites excluding steroid dienone is 1. The maximum atomic E-state index is 13.9. The van der Waals surface area contributed by atoms with E-state index in [2.05, 4.69) is 15.2 Å². The van der Waals surface area contributed by atoms with E-state index < -0.39 is 17.2 Å². The number of pyridine rings is 1. The van der Waals surface area contributed by atoms with Gasteiger partial charge in [-0.2, -0.15) is 10.2 Å². The van der Waals surface area contributed by atoms with Crippen molar-refractivity contribution >= 4 is 22.8 Å². The number of benzene rings is 2. The topological polar surface area (TPSA) is 75.7 Å². The fraction of sp³-hybridized carbons (Fsp3) is 0. The molecule has 0 bridgehead atoms. The molecular weight excluding hydrogens is 357 g/mol. The van der Waals surface area contributed by atoms with Crippen LogP contribution in [0.4, 0.5) is 4.39 Å². The van der Waals surface area contributed by atoms with Crippen LogP contribution in [0.15, 0.2) is 77.9 Å².